The van der Waals surface area contributed by atoms with E-state index in [0.717, 1.165) is 27.8 Å². The maximum absolute atomic E-state index is 10.0. The van der Waals surface area contributed by atoms with Crippen LogP contribution in [0.3, 0.4) is 0 Å². The summed E-state index contributed by atoms with van der Waals surface area (Å²) in [6, 6.07) is 10.3. The van der Waals surface area contributed by atoms with E-state index in [1.54, 1.807) is 7.11 Å². The van der Waals surface area contributed by atoms with Crippen LogP contribution in [0.4, 0.5) is 0 Å². The second-order valence-electron chi connectivity index (χ2n) is 5.80. The Balaban J connectivity index is 2.19. The summed E-state index contributed by atoms with van der Waals surface area (Å²) < 4.78 is 11.3. The lowest BCUT2D eigenvalue weighted by molar-refractivity contribution is 0.105. The van der Waals surface area contributed by atoms with Crippen LogP contribution in [0.5, 0.6) is 11.5 Å². The predicted molar refractivity (Wildman–Crippen MR) is 89.9 cm³/mol. The minimum Gasteiger partial charge on any atom is -0.496 e. The van der Waals surface area contributed by atoms with Gasteiger partial charge in [-0.05, 0) is 18.6 Å². The molecule has 2 aromatic rings. The number of hydrogen-bond acceptors (Lipinski definition) is 4. The van der Waals surface area contributed by atoms with Crippen molar-refractivity contribution in [2.75, 3.05) is 20.3 Å². The fourth-order valence-corrected chi connectivity index (χ4v) is 2.42. The summed E-state index contributed by atoms with van der Waals surface area (Å²) >= 11 is 0. The summed E-state index contributed by atoms with van der Waals surface area (Å²) in [5.41, 5.74) is 1.000. The molecule has 0 unspecified atom stereocenters. The molecule has 0 saturated heterocycles. The van der Waals surface area contributed by atoms with Gasteiger partial charge in [0.1, 0.15) is 24.2 Å². The third-order valence-electron chi connectivity index (χ3n) is 3.54. The summed E-state index contributed by atoms with van der Waals surface area (Å²) in [5, 5.41) is 15.2. The van der Waals surface area contributed by atoms with Crippen molar-refractivity contribution in [3.05, 3.63) is 35.9 Å². The standard InChI is InChI=1S/C18H25NO3/c1-12(2)19-10-14(20)11-22-18-13(3)9-17(21-4)15-7-5-6-8-16(15)18/h5-9,12,14,19-20H,10-11H2,1-4H3/t14-/m0/s1. The van der Waals surface area contributed by atoms with E-state index in [9.17, 15) is 5.11 Å². The average Bonchev–Trinajstić information content (AvgIpc) is 2.51. The fraction of sp³-hybridized carbons (Fsp3) is 0.444. The number of rotatable bonds is 7. The van der Waals surface area contributed by atoms with Crippen LogP contribution in [0.25, 0.3) is 10.8 Å². The zero-order chi connectivity index (χ0) is 16.1. The highest BCUT2D eigenvalue weighted by atomic mass is 16.5. The molecule has 0 spiro atoms. The smallest absolute Gasteiger partial charge is 0.130 e. The number of ether oxygens (including phenoxy) is 2. The topological polar surface area (TPSA) is 50.7 Å². The summed E-state index contributed by atoms with van der Waals surface area (Å²) in [7, 11) is 1.67. The van der Waals surface area contributed by atoms with Gasteiger partial charge in [-0.1, -0.05) is 38.1 Å². The van der Waals surface area contributed by atoms with E-state index in [1.165, 1.54) is 0 Å². The van der Waals surface area contributed by atoms with Gasteiger partial charge in [-0.25, -0.2) is 0 Å². The number of nitrogens with one attached hydrogen (secondary N) is 1. The van der Waals surface area contributed by atoms with Crippen LogP contribution in [-0.4, -0.2) is 37.5 Å². The van der Waals surface area contributed by atoms with Crippen LogP contribution in [0.1, 0.15) is 19.4 Å². The minimum absolute atomic E-state index is 0.261. The summed E-state index contributed by atoms with van der Waals surface area (Å²) in [6.45, 7) is 6.87. The van der Waals surface area contributed by atoms with Gasteiger partial charge < -0.3 is 19.9 Å². The van der Waals surface area contributed by atoms with E-state index in [4.69, 9.17) is 9.47 Å². The molecule has 0 fully saturated rings. The number of fused-ring (bicyclic) bond motifs is 1. The molecular formula is C18H25NO3. The molecule has 2 aromatic carbocycles. The van der Waals surface area contributed by atoms with Crippen molar-refractivity contribution < 1.29 is 14.6 Å². The van der Waals surface area contributed by atoms with Crippen molar-refractivity contribution in [2.45, 2.75) is 32.9 Å². The first-order chi connectivity index (χ1) is 10.5. The first kappa shape index (κ1) is 16.6. The number of aliphatic hydroxyl groups is 1. The highest BCUT2D eigenvalue weighted by Gasteiger charge is 2.13. The Labute approximate surface area is 132 Å². The van der Waals surface area contributed by atoms with Gasteiger partial charge in [0.15, 0.2) is 0 Å². The lowest BCUT2D eigenvalue weighted by atomic mass is 10.0. The Morgan fingerprint density at radius 3 is 2.50 bits per heavy atom. The molecule has 0 radical (unpaired) electrons. The monoisotopic (exact) mass is 303 g/mol. The summed E-state index contributed by atoms with van der Waals surface area (Å²) in [5.74, 6) is 1.64. The summed E-state index contributed by atoms with van der Waals surface area (Å²) in [4.78, 5) is 0. The Morgan fingerprint density at radius 1 is 1.18 bits per heavy atom. The van der Waals surface area contributed by atoms with Gasteiger partial charge in [-0.15, -0.1) is 0 Å². The lowest BCUT2D eigenvalue weighted by Crippen LogP contribution is -2.35. The molecule has 0 heterocycles. The molecule has 0 bridgehead atoms. The first-order valence-electron chi connectivity index (χ1n) is 7.63. The number of hydrogen-bond donors (Lipinski definition) is 2. The van der Waals surface area contributed by atoms with Crippen LogP contribution < -0.4 is 14.8 Å². The van der Waals surface area contributed by atoms with Crippen molar-refractivity contribution in [3.63, 3.8) is 0 Å². The number of methoxy groups -OCH3 is 1. The molecule has 0 aromatic heterocycles. The maximum Gasteiger partial charge on any atom is 0.130 e. The second kappa shape index (κ2) is 7.47. The third-order valence-corrected chi connectivity index (χ3v) is 3.54. The quantitative estimate of drug-likeness (QED) is 0.826. The average molecular weight is 303 g/mol. The largest absolute Gasteiger partial charge is 0.496 e. The van der Waals surface area contributed by atoms with Crippen LogP contribution in [0, 0.1) is 6.92 Å². The molecule has 0 aliphatic carbocycles. The number of aliphatic hydroxyl groups excluding tert-OH is 1. The van der Waals surface area contributed by atoms with Crippen molar-refractivity contribution in [2.24, 2.45) is 0 Å². The molecule has 2 N–H and O–H groups in total. The molecule has 4 heteroatoms. The Bertz CT molecular complexity index is 625. The second-order valence-corrected chi connectivity index (χ2v) is 5.80. The van der Waals surface area contributed by atoms with E-state index >= 15 is 0 Å². The van der Waals surface area contributed by atoms with Gasteiger partial charge in [-0.2, -0.15) is 0 Å². The van der Waals surface area contributed by atoms with E-state index in [0.29, 0.717) is 12.6 Å². The Morgan fingerprint density at radius 2 is 1.86 bits per heavy atom. The van der Waals surface area contributed by atoms with Crippen molar-refractivity contribution >= 4 is 10.8 Å². The van der Waals surface area contributed by atoms with E-state index < -0.39 is 6.10 Å². The van der Waals surface area contributed by atoms with Crippen LogP contribution >= 0.6 is 0 Å². The van der Waals surface area contributed by atoms with Crippen molar-refractivity contribution in [3.8, 4) is 11.5 Å². The molecule has 4 nitrogen and oxygen atoms in total. The predicted octanol–water partition coefficient (Wildman–Crippen LogP) is 2.89. The minimum atomic E-state index is -0.539. The molecule has 0 aliphatic heterocycles. The summed E-state index contributed by atoms with van der Waals surface area (Å²) in [6.07, 6.45) is -0.539. The number of benzene rings is 2. The molecular weight excluding hydrogens is 278 g/mol. The van der Waals surface area contributed by atoms with Gasteiger partial charge in [0.2, 0.25) is 0 Å². The lowest BCUT2D eigenvalue weighted by Gasteiger charge is -2.18. The van der Waals surface area contributed by atoms with E-state index in [1.807, 2.05) is 37.3 Å². The van der Waals surface area contributed by atoms with Gasteiger partial charge >= 0.3 is 0 Å². The SMILES string of the molecule is COc1cc(C)c(OC[C@@H](O)CNC(C)C)c2ccccc12. The van der Waals surface area contributed by atoms with Crippen molar-refractivity contribution in [1.82, 2.24) is 5.32 Å². The highest BCUT2D eigenvalue weighted by Crippen LogP contribution is 2.36. The van der Waals surface area contributed by atoms with E-state index in [-0.39, 0.29) is 6.61 Å². The third kappa shape index (κ3) is 3.90. The molecule has 0 aliphatic rings. The van der Waals surface area contributed by atoms with Crippen LogP contribution in [0.15, 0.2) is 30.3 Å². The number of aryl methyl sites for hydroxylation is 1. The van der Waals surface area contributed by atoms with Gasteiger partial charge in [0, 0.05) is 23.4 Å². The molecule has 0 saturated carbocycles. The van der Waals surface area contributed by atoms with Crippen LogP contribution in [0.2, 0.25) is 0 Å². The maximum atomic E-state index is 10.0. The zero-order valence-corrected chi connectivity index (χ0v) is 13.7. The van der Waals surface area contributed by atoms with Gasteiger partial charge in [0.05, 0.1) is 7.11 Å². The molecule has 0 amide bonds. The molecule has 120 valence electrons. The molecule has 1 atom stereocenters. The van der Waals surface area contributed by atoms with Crippen LogP contribution in [-0.2, 0) is 0 Å². The van der Waals surface area contributed by atoms with Gasteiger partial charge in [-0.3, -0.25) is 0 Å². The van der Waals surface area contributed by atoms with E-state index in [2.05, 4.69) is 19.2 Å². The zero-order valence-electron chi connectivity index (χ0n) is 13.7. The van der Waals surface area contributed by atoms with Crippen molar-refractivity contribution in [1.29, 1.82) is 0 Å². The normalized spacial score (nSPS) is 12.6. The fourth-order valence-electron chi connectivity index (χ4n) is 2.42. The Hall–Kier alpha value is -1.78. The molecule has 22 heavy (non-hydrogen) atoms. The first-order valence-corrected chi connectivity index (χ1v) is 7.63. The Kier molecular flexibility index (Phi) is 5.63. The highest BCUT2D eigenvalue weighted by molar-refractivity contribution is 5.94. The van der Waals surface area contributed by atoms with Gasteiger partial charge in [0.25, 0.3) is 0 Å². The molecule has 2 rings (SSSR count).